The SMILES string of the molecule is COc1cc2c(cc1OC)CC(=O)N(CCCN(C)C[C@H]1Cc3cc(OC)c(OC)cc31)CC2.O=C1O[C@H]([C@@H](O)CO)C(O)=C1O. The minimum absolute atomic E-state index is 0.183. The third-order valence-corrected chi connectivity index (χ3v) is 8.58. The lowest BCUT2D eigenvalue weighted by Crippen LogP contribution is -2.36. The van der Waals surface area contributed by atoms with Crippen molar-refractivity contribution in [2.75, 3.05) is 68.3 Å². The summed E-state index contributed by atoms with van der Waals surface area (Å²) >= 11 is 0. The quantitative estimate of drug-likeness (QED) is 0.248. The molecule has 13 nitrogen and oxygen atoms in total. The van der Waals surface area contributed by atoms with Crippen LogP contribution in [0.5, 0.6) is 23.0 Å². The Morgan fingerprint density at radius 3 is 2.09 bits per heavy atom. The second kappa shape index (κ2) is 15.4. The monoisotopic (exact) mass is 644 g/mol. The number of aliphatic hydroxyl groups is 4. The van der Waals surface area contributed by atoms with Gasteiger partial charge in [-0.15, -0.1) is 0 Å². The average molecular weight is 645 g/mol. The van der Waals surface area contributed by atoms with E-state index in [1.165, 1.54) is 16.7 Å². The van der Waals surface area contributed by atoms with Gasteiger partial charge in [0.2, 0.25) is 11.7 Å². The highest BCUT2D eigenvalue weighted by atomic mass is 16.6. The molecule has 4 N–H and O–H groups in total. The van der Waals surface area contributed by atoms with Crippen LogP contribution in [0.4, 0.5) is 0 Å². The first-order chi connectivity index (χ1) is 22.0. The van der Waals surface area contributed by atoms with Crippen LogP contribution in [0, 0.1) is 0 Å². The lowest BCUT2D eigenvalue weighted by atomic mass is 9.77. The van der Waals surface area contributed by atoms with E-state index in [1.54, 1.807) is 28.4 Å². The van der Waals surface area contributed by atoms with Gasteiger partial charge in [0.1, 0.15) is 6.10 Å². The highest BCUT2D eigenvalue weighted by molar-refractivity contribution is 5.89. The highest BCUT2D eigenvalue weighted by Crippen LogP contribution is 2.42. The summed E-state index contributed by atoms with van der Waals surface area (Å²) < 4.78 is 26.1. The first-order valence-corrected chi connectivity index (χ1v) is 15.1. The van der Waals surface area contributed by atoms with Crippen LogP contribution in [0.2, 0.25) is 0 Å². The number of hydrogen-bond acceptors (Lipinski definition) is 12. The number of carbonyl (C=O) groups is 2. The molecule has 0 unspecified atom stereocenters. The smallest absolute Gasteiger partial charge is 0.377 e. The molecule has 0 saturated carbocycles. The van der Waals surface area contributed by atoms with Crippen LogP contribution in [0.3, 0.4) is 0 Å². The second-order valence-corrected chi connectivity index (χ2v) is 11.5. The molecule has 1 aliphatic carbocycles. The molecule has 0 saturated heterocycles. The average Bonchev–Trinajstić information content (AvgIpc) is 3.21. The number of likely N-dealkylation sites (N-methyl/N-ethyl adjacent to an activating group) is 1. The molecular formula is C33H44N2O11. The number of esters is 1. The van der Waals surface area contributed by atoms with E-state index in [0.29, 0.717) is 18.1 Å². The van der Waals surface area contributed by atoms with E-state index in [2.05, 4.69) is 28.8 Å². The Kier molecular flexibility index (Phi) is 11.6. The molecule has 252 valence electrons. The minimum Gasteiger partial charge on any atom is -0.505 e. The number of methoxy groups -OCH3 is 4. The van der Waals surface area contributed by atoms with Crippen molar-refractivity contribution in [2.45, 2.75) is 43.8 Å². The zero-order valence-electron chi connectivity index (χ0n) is 26.9. The summed E-state index contributed by atoms with van der Waals surface area (Å²) in [7, 11) is 8.79. The normalized spacial score (nSPS) is 19.3. The summed E-state index contributed by atoms with van der Waals surface area (Å²) in [5.41, 5.74) is 4.91. The zero-order valence-corrected chi connectivity index (χ0v) is 26.9. The van der Waals surface area contributed by atoms with Crippen molar-refractivity contribution in [3.8, 4) is 23.0 Å². The van der Waals surface area contributed by atoms with Crippen LogP contribution >= 0.6 is 0 Å². The van der Waals surface area contributed by atoms with E-state index in [0.717, 1.165) is 68.3 Å². The van der Waals surface area contributed by atoms with Crippen molar-refractivity contribution >= 4 is 11.9 Å². The van der Waals surface area contributed by atoms with Gasteiger partial charge in [-0.25, -0.2) is 4.79 Å². The van der Waals surface area contributed by atoms with Crippen molar-refractivity contribution in [1.29, 1.82) is 0 Å². The largest absolute Gasteiger partial charge is 0.505 e. The number of nitrogens with zero attached hydrogens (tertiary/aromatic N) is 2. The molecule has 3 atom stereocenters. The molecule has 13 heteroatoms. The van der Waals surface area contributed by atoms with Gasteiger partial charge in [-0.1, -0.05) is 0 Å². The summed E-state index contributed by atoms with van der Waals surface area (Å²) in [6, 6.07) is 8.18. The van der Waals surface area contributed by atoms with Gasteiger partial charge in [-0.2, -0.15) is 0 Å². The number of fused-ring (bicyclic) bond motifs is 2. The summed E-state index contributed by atoms with van der Waals surface area (Å²) in [4.78, 5) is 27.8. The van der Waals surface area contributed by atoms with Gasteiger partial charge in [0.15, 0.2) is 34.9 Å². The van der Waals surface area contributed by atoms with Crippen molar-refractivity contribution in [2.24, 2.45) is 0 Å². The van der Waals surface area contributed by atoms with Gasteiger partial charge < -0.3 is 53.9 Å². The number of cyclic esters (lactones) is 1. The molecule has 3 aliphatic rings. The number of aliphatic hydroxyl groups excluding tert-OH is 4. The topological polar surface area (TPSA) is 168 Å². The molecule has 2 aliphatic heterocycles. The van der Waals surface area contributed by atoms with Gasteiger partial charge in [0.25, 0.3) is 0 Å². The molecular weight excluding hydrogens is 600 g/mol. The van der Waals surface area contributed by atoms with Gasteiger partial charge in [0.05, 0.1) is 41.5 Å². The van der Waals surface area contributed by atoms with E-state index in [9.17, 15) is 9.59 Å². The molecule has 1 amide bonds. The number of carbonyl (C=O) groups excluding carboxylic acids is 2. The Labute approximate surface area is 268 Å². The molecule has 2 heterocycles. The van der Waals surface area contributed by atoms with Gasteiger partial charge in [0, 0.05) is 25.6 Å². The number of benzene rings is 2. The first-order valence-electron chi connectivity index (χ1n) is 15.1. The second-order valence-electron chi connectivity index (χ2n) is 11.5. The van der Waals surface area contributed by atoms with Crippen LogP contribution in [0.15, 0.2) is 35.8 Å². The predicted octanol–water partition coefficient (Wildman–Crippen LogP) is 1.90. The molecule has 2 aromatic rings. The Hall–Kier alpha value is -4.20. The third kappa shape index (κ3) is 7.60. The first kappa shape index (κ1) is 34.7. The van der Waals surface area contributed by atoms with E-state index < -0.39 is 36.3 Å². The van der Waals surface area contributed by atoms with E-state index in [-0.39, 0.29) is 5.91 Å². The number of ether oxygens (including phenoxy) is 5. The van der Waals surface area contributed by atoms with E-state index >= 15 is 0 Å². The van der Waals surface area contributed by atoms with Crippen LogP contribution in [0.1, 0.15) is 34.6 Å². The maximum atomic E-state index is 12.9. The van der Waals surface area contributed by atoms with Gasteiger partial charge >= 0.3 is 5.97 Å². The fourth-order valence-electron chi connectivity index (χ4n) is 5.97. The summed E-state index contributed by atoms with van der Waals surface area (Å²) in [5.74, 6) is 0.912. The van der Waals surface area contributed by atoms with Gasteiger partial charge in [-0.3, -0.25) is 4.79 Å². The van der Waals surface area contributed by atoms with Crippen molar-refractivity contribution < 1.29 is 53.7 Å². The van der Waals surface area contributed by atoms with Crippen LogP contribution in [-0.2, 0) is 33.6 Å². The minimum atomic E-state index is -1.42. The lowest BCUT2D eigenvalue weighted by molar-refractivity contribution is -0.147. The molecule has 2 aromatic carbocycles. The molecule has 5 rings (SSSR count). The maximum Gasteiger partial charge on any atom is 0.377 e. The molecule has 0 radical (unpaired) electrons. The fraction of sp³-hybridized carbons (Fsp3) is 0.515. The molecule has 0 fully saturated rings. The van der Waals surface area contributed by atoms with E-state index in [1.807, 2.05) is 17.0 Å². The summed E-state index contributed by atoms with van der Waals surface area (Å²) in [5, 5.41) is 35.0. The zero-order chi connectivity index (χ0) is 33.5. The lowest BCUT2D eigenvalue weighted by Gasteiger charge is -2.34. The highest BCUT2D eigenvalue weighted by Gasteiger charge is 2.38. The van der Waals surface area contributed by atoms with E-state index in [4.69, 9.17) is 39.4 Å². The summed E-state index contributed by atoms with van der Waals surface area (Å²) in [6.07, 6.45) is 0.491. The molecule has 0 bridgehead atoms. The van der Waals surface area contributed by atoms with Crippen LogP contribution < -0.4 is 18.9 Å². The number of hydrogen-bond donors (Lipinski definition) is 4. The van der Waals surface area contributed by atoms with Crippen molar-refractivity contribution in [3.05, 3.63) is 58.0 Å². The standard InChI is InChI=1S/C27H36N2O5.C6H8O6/c1-28(17-21-11-20-14-25(33-4)26(34-5)16-22(20)21)8-6-9-29-10-7-18-12-23(31-2)24(32-3)13-19(18)15-27(29)30;7-1-2(8)5-3(9)4(10)6(11)12-5/h12-14,16,21H,6-11,15,17H2,1-5H3;2,5,7-10H,1H2/t21-;2-,5+/m10/s1. The Balaban J connectivity index is 0.000000337. The Morgan fingerprint density at radius 1 is 0.935 bits per heavy atom. The molecule has 46 heavy (non-hydrogen) atoms. The predicted molar refractivity (Wildman–Crippen MR) is 167 cm³/mol. The number of rotatable bonds is 12. The molecule has 0 spiro atoms. The maximum absolute atomic E-state index is 12.9. The van der Waals surface area contributed by atoms with Crippen LogP contribution in [0.25, 0.3) is 0 Å². The van der Waals surface area contributed by atoms with Crippen molar-refractivity contribution in [1.82, 2.24) is 9.80 Å². The Bertz CT molecular complexity index is 1440. The number of amides is 1. The molecule has 0 aromatic heterocycles. The van der Waals surface area contributed by atoms with Gasteiger partial charge in [-0.05, 0) is 79.4 Å². The van der Waals surface area contributed by atoms with Crippen LogP contribution in [-0.4, -0.2) is 123 Å². The summed E-state index contributed by atoms with van der Waals surface area (Å²) in [6.45, 7) is 2.80. The Morgan fingerprint density at radius 2 is 1.52 bits per heavy atom. The third-order valence-electron chi connectivity index (χ3n) is 8.58. The fourth-order valence-corrected chi connectivity index (χ4v) is 5.97. The van der Waals surface area contributed by atoms with Crippen molar-refractivity contribution in [3.63, 3.8) is 0 Å².